The molecule has 1 aromatic carbocycles. The van der Waals surface area contributed by atoms with Crippen molar-refractivity contribution in [2.24, 2.45) is 0 Å². The second-order valence-corrected chi connectivity index (χ2v) is 5.05. The molecule has 0 saturated carbocycles. The number of hydrogen-bond donors (Lipinski definition) is 0. The first-order valence-electron chi connectivity index (χ1n) is 6.14. The number of thiazole rings is 1. The van der Waals surface area contributed by atoms with Crippen molar-refractivity contribution in [1.82, 2.24) is 4.98 Å². The molecule has 0 unspecified atom stereocenters. The van der Waals surface area contributed by atoms with Crippen LogP contribution in [0.1, 0.15) is 23.7 Å². The Labute approximate surface area is 123 Å². The van der Waals surface area contributed by atoms with Gasteiger partial charge in [0.15, 0.2) is 0 Å². The van der Waals surface area contributed by atoms with E-state index in [2.05, 4.69) is 11.6 Å². The van der Waals surface area contributed by atoms with E-state index in [9.17, 15) is 0 Å². The van der Waals surface area contributed by atoms with Crippen LogP contribution in [0, 0.1) is 0 Å². The van der Waals surface area contributed by atoms with Gasteiger partial charge in [-0.15, -0.1) is 11.3 Å². The molecule has 0 aliphatic heterocycles. The second kappa shape index (κ2) is 6.39. The van der Waals surface area contributed by atoms with Gasteiger partial charge in [-0.3, -0.25) is 0 Å². The summed E-state index contributed by atoms with van der Waals surface area (Å²) in [5.41, 5.74) is 5.56. The molecule has 1 heterocycles. The molecule has 0 atom stereocenters. The zero-order valence-corrected chi connectivity index (χ0v) is 12.7. The summed E-state index contributed by atoms with van der Waals surface area (Å²) in [6, 6.07) is 3.94. The van der Waals surface area contributed by atoms with E-state index in [-0.39, 0.29) is 0 Å². The van der Waals surface area contributed by atoms with E-state index in [1.54, 1.807) is 25.6 Å². The number of hydrogen-bond acceptors (Lipinski definition) is 4. The molecule has 104 valence electrons. The van der Waals surface area contributed by atoms with Gasteiger partial charge in [0.05, 0.1) is 31.0 Å². The van der Waals surface area contributed by atoms with Crippen molar-refractivity contribution < 1.29 is 9.47 Å². The van der Waals surface area contributed by atoms with Gasteiger partial charge < -0.3 is 9.47 Å². The van der Waals surface area contributed by atoms with Crippen LogP contribution in [0.25, 0.3) is 17.7 Å². The Balaban J connectivity index is 2.43. The first-order valence-corrected chi connectivity index (χ1v) is 7.08. The average Bonchev–Trinajstić information content (AvgIpc) is 2.96. The Hall–Kier alpha value is -2.07. The van der Waals surface area contributed by atoms with Crippen LogP contribution in [0.15, 0.2) is 29.6 Å². The van der Waals surface area contributed by atoms with Crippen LogP contribution in [-0.4, -0.2) is 19.2 Å². The van der Waals surface area contributed by atoms with Crippen molar-refractivity contribution >= 4 is 29.1 Å². The van der Waals surface area contributed by atoms with Gasteiger partial charge in [-0.2, -0.15) is 0 Å². The molecule has 1 aromatic heterocycles. The maximum atomic E-state index is 5.44. The molecule has 0 amide bonds. The smallest absolute Gasteiger partial charge is 0.130 e. The lowest BCUT2D eigenvalue weighted by molar-refractivity contribution is 0.392. The third-order valence-electron chi connectivity index (χ3n) is 2.85. The highest BCUT2D eigenvalue weighted by Gasteiger charge is 2.12. The number of benzene rings is 1. The Morgan fingerprint density at radius 2 is 1.85 bits per heavy atom. The minimum Gasteiger partial charge on any atom is -0.496 e. The fraction of sp³-hybridized carbons (Fsp3) is 0.188. The van der Waals surface area contributed by atoms with Crippen LogP contribution in [0.3, 0.4) is 0 Å². The molecule has 0 aliphatic rings. The van der Waals surface area contributed by atoms with Crippen molar-refractivity contribution in [3.05, 3.63) is 46.4 Å². The lowest BCUT2D eigenvalue weighted by Crippen LogP contribution is -1.95. The summed E-state index contributed by atoms with van der Waals surface area (Å²) in [7, 11) is 3.30. The number of aromatic nitrogens is 1. The molecule has 0 radical (unpaired) electrons. The molecule has 20 heavy (non-hydrogen) atoms. The summed E-state index contributed by atoms with van der Waals surface area (Å²) >= 11 is 1.57. The fourth-order valence-corrected chi connectivity index (χ4v) is 2.46. The normalized spacial score (nSPS) is 10.8. The van der Waals surface area contributed by atoms with E-state index in [1.165, 1.54) is 0 Å². The van der Waals surface area contributed by atoms with E-state index in [1.807, 2.05) is 42.1 Å². The highest BCUT2D eigenvalue weighted by atomic mass is 32.1. The molecule has 2 aromatic rings. The third kappa shape index (κ3) is 3.08. The topological polar surface area (TPSA) is 31.4 Å². The van der Waals surface area contributed by atoms with Crippen molar-refractivity contribution in [3.8, 4) is 11.5 Å². The number of nitrogens with zero attached hydrogens (tertiary/aromatic N) is 1. The Bertz CT molecular complexity index is 605. The van der Waals surface area contributed by atoms with Crippen molar-refractivity contribution in [3.63, 3.8) is 0 Å². The second-order valence-electron chi connectivity index (χ2n) is 4.33. The number of ether oxygens (including phenoxy) is 2. The molecule has 0 aliphatic carbocycles. The predicted molar refractivity (Wildman–Crippen MR) is 85.3 cm³/mol. The van der Waals surface area contributed by atoms with Crippen LogP contribution < -0.4 is 9.47 Å². The van der Waals surface area contributed by atoms with Crippen LogP contribution in [0.2, 0.25) is 0 Å². The van der Waals surface area contributed by atoms with Gasteiger partial charge in [-0.1, -0.05) is 12.7 Å². The number of methoxy groups -OCH3 is 2. The summed E-state index contributed by atoms with van der Waals surface area (Å²) in [6.45, 7) is 5.91. The molecule has 0 saturated heterocycles. The van der Waals surface area contributed by atoms with Crippen molar-refractivity contribution in [2.75, 3.05) is 14.2 Å². The largest absolute Gasteiger partial charge is 0.496 e. The van der Waals surface area contributed by atoms with E-state index < -0.39 is 0 Å². The van der Waals surface area contributed by atoms with Gasteiger partial charge in [0.25, 0.3) is 0 Å². The zero-order chi connectivity index (χ0) is 14.5. The molecule has 0 fully saturated rings. The van der Waals surface area contributed by atoms with Gasteiger partial charge >= 0.3 is 0 Å². The Morgan fingerprint density at radius 3 is 2.30 bits per heavy atom. The summed E-state index contributed by atoms with van der Waals surface area (Å²) in [4.78, 5) is 4.22. The first-order chi connectivity index (χ1) is 9.65. The minimum atomic E-state index is 0.759. The molecule has 0 N–H and O–H groups in total. The monoisotopic (exact) mass is 287 g/mol. The molecule has 2 rings (SSSR count). The van der Waals surface area contributed by atoms with Crippen LogP contribution in [-0.2, 0) is 0 Å². The third-order valence-corrected chi connectivity index (χ3v) is 3.46. The van der Waals surface area contributed by atoms with Gasteiger partial charge in [-0.25, -0.2) is 4.98 Å². The van der Waals surface area contributed by atoms with Gasteiger partial charge in [0, 0.05) is 5.38 Å². The van der Waals surface area contributed by atoms with Crippen molar-refractivity contribution in [2.45, 2.75) is 6.92 Å². The van der Waals surface area contributed by atoms with E-state index in [0.29, 0.717) is 0 Å². The highest BCUT2D eigenvalue weighted by Crippen LogP contribution is 2.35. The van der Waals surface area contributed by atoms with Crippen molar-refractivity contribution in [1.29, 1.82) is 0 Å². The average molecular weight is 287 g/mol. The summed E-state index contributed by atoms with van der Waals surface area (Å²) in [6.07, 6.45) is 3.95. The minimum absolute atomic E-state index is 0.759. The predicted octanol–water partition coefficient (Wildman–Crippen LogP) is 4.36. The van der Waals surface area contributed by atoms with Gasteiger partial charge in [-0.05, 0) is 36.3 Å². The molecule has 3 nitrogen and oxygen atoms in total. The summed E-state index contributed by atoms with van der Waals surface area (Å²) in [5, 5.41) is 1.99. The van der Waals surface area contributed by atoms with Crippen LogP contribution in [0.5, 0.6) is 11.5 Å². The van der Waals surface area contributed by atoms with E-state index in [4.69, 9.17) is 9.47 Å². The molecular weight excluding hydrogens is 270 g/mol. The van der Waals surface area contributed by atoms with E-state index >= 15 is 0 Å². The highest BCUT2D eigenvalue weighted by molar-refractivity contribution is 7.07. The lowest BCUT2D eigenvalue weighted by Gasteiger charge is -2.14. The maximum Gasteiger partial charge on any atom is 0.130 e. The molecular formula is C16H17NO2S. The van der Waals surface area contributed by atoms with Gasteiger partial charge in [0.1, 0.15) is 11.5 Å². The Morgan fingerprint density at radius 1 is 1.20 bits per heavy atom. The summed E-state index contributed by atoms with van der Waals surface area (Å²) < 4.78 is 10.9. The quantitative estimate of drug-likeness (QED) is 0.818. The standard InChI is InChI=1S/C16H17NO2S/c1-11(2)16-14(18-3)7-12(8-15(16)19-4)5-6-13-9-20-10-17-13/h5-10H,1H2,2-4H3. The SMILES string of the molecule is C=C(C)c1c(OC)cc(C=Cc2cscn2)cc1OC. The lowest BCUT2D eigenvalue weighted by atomic mass is 10.0. The number of allylic oxidation sites excluding steroid dienone is 1. The van der Waals surface area contributed by atoms with Crippen LogP contribution in [0.4, 0.5) is 0 Å². The van der Waals surface area contributed by atoms with E-state index in [0.717, 1.165) is 33.9 Å². The first kappa shape index (κ1) is 14.3. The molecule has 0 bridgehead atoms. The molecule has 4 heteroatoms. The molecule has 0 spiro atoms. The summed E-state index contributed by atoms with van der Waals surface area (Å²) in [5.74, 6) is 1.52. The fourth-order valence-electron chi connectivity index (χ4n) is 1.93. The Kier molecular flexibility index (Phi) is 4.58. The van der Waals surface area contributed by atoms with Crippen LogP contribution >= 0.6 is 11.3 Å². The van der Waals surface area contributed by atoms with Gasteiger partial charge in [0.2, 0.25) is 0 Å². The maximum absolute atomic E-state index is 5.44. The number of rotatable bonds is 5. The zero-order valence-electron chi connectivity index (χ0n) is 11.8.